The number of H-pyrrole nitrogens is 1. The number of hydrogen-bond donors (Lipinski definition) is 3. The number of benzene rings is 2. The summed E-state index contributed by atoms with van der Waals surface area (Å²) in [5.41, 5.74) is 7.35. The van der Waals surface area contributed by atoms with E-state index >= 15 is 0 Å². The number of methoxy groups -OCH3 is 1. The molecule has 0 spiro atoms. The maximum absolute atomic E-state index is 12.3. The van der Waals surface area contributed by atoms with Crippen LogP contribution in [0.4, 0.5) is 0 Å². The molecule has 0 aliphatic heterocycles. The summed E-state index contributed by atoms with van der Waals surface area (Å²) >= 11 is 0. The van der Waals surface area contributed by atoms with Gasteiger partial charge in [0.05, 0.1) is 18.5 Å². The predicted octanol–water partition coefficient (Wildman–Crippen LogP) is 2.35. The lowest BCUT2D eigenvalue weighted by Gasteiger charge is -2.05. The number of carbonyl (C=O) groups excluding carboxylic acids is 2. The molecule has 3 N–H and O–H groups in total. The molecule has 0 aliphatic carbocycles. The smallest absolute Gasteiger partial charge is 0.290 e. The van der Waals surface area contributed by atoms with E-state index in [0.717, 1.165) is 17.0 Å². The molecule has 30 heavy (non-hydrogen) atoms. The van der Waals surface area contributed by atoms with Crippen molar-refractivity contribution in [1.29, 1.82) is 0 Å². The highest BCUT2D eigenvalue weighted by Crippen LogP contribution is 2.17. The second-order valence-corrected chi connectivity index (χ2v) is 6.28. The molecule has 2 aromatic carbocycles. The number of hydrogen-bond acceptors (Lipinski definition) is 5. The van der Waals surface area contributed by atoms with Crippen LogP contribution in [0.25, 0.3) is 16.9 Å². The average Bonchev–Trinajstić information content (AvgIpc) is 3.48. The molecule has 0 atom stereocenters. The Balaban J connectivity index is 1.37. The van der Waals surface area contributed by atoms with Crippen LogP contribution in [-0.2, 0) is 0 Å². The molecule has 0 aliphatic rings. The summed E-state index contributed by atoms with van der Waals surface area (Å²) in [4.78, 5) is 24.6. The van der Waals surface area contributed by atoms with Crippen LogP contribution < -0.4 is 15.6 Å². The lowest BCUT2D eigenvalue weighted by molar-refractivity contribution is 0.0841. The van der Waals surface area contributed by atoms with E-state index < -0.39 is 11.8 Å². The van der Waals surface area contributed by atoms with Crippen molar-refractivity contribution in [3.63, 3.8) is 0 Å². The molecule has 4 rings (SSSR count). The Bertz CT molecular complexity index is 1160. The van der Waals surface area contributed by atoms with E-state index in [2.05, 4.69) is 26.1 Å². The highest BCUT2D eigenvalue weighted by molar-refractivity contribution is 5.97. The third-order valence-corrected chi connectivity index (χ3v) is 4.34. The molecule has 0 fully saturated rings. The van der Waals surface area contributed by atoms with Crippen molar-refractivity contribution in [2.75, 3.05) is 7.11 Å². The van der Waals surface area contributed by atoms with Crippen LogP contribution in [-0.4, -0.2) is 38.9 Å². The minimum absolute atomic E-state index is 0.153. The van der Waals surface area contributed by atoms with Crippen molar-refractivity contribution in [3.8, 4) is 22.7 Å². The molecule has 0 unspecified atom stereocenters. The zero-order valence-electron chi connectivity index (χ0n) is 16.0. The highest BCUT2D eigenvalue weighted by Gasteiger charge is 2.14. The second-order valence-electron chi connectivity index (χ2n) is 6.28. The van der Waals surface area contributed by atoms with Crippen LogP contribution in [0, 0.1) is 0 Å². The molecule has 2 heterocycles. The van der Waals surface area contributed by atoms with Crippen LogP contribution >= 0.6 is 0 Å². The molecule has 9 heteroatoms. The van der Waals surface area contributed by atoms with Crippen LogP contribution in [0.2, 0.25) is 0 Å². The third kappa shape index (κ3) is 4.04. The van der Waals surface area contributed by atoms with Gasteiger partial charge >= 0.3 is 0 Å². The average molecular weight is 402 g/mol. The third-order valence-electron chi connectivity index (χ3n) is 4.34. The van der Waals surface area contributed by atoms with Gasteiger partial charge in [0.25, 0.3) is 11.8 Å². The van der Waals surface area contributed by atoms with Crippen molar-refractivity contribution >= 4 is 11.8 Å². The maximum Gasteiger partial charge on any atom is 0.290 e. The van der Waals surface area contributed by atoms with Crippen molar-refractivity contribution in [2.45, 2.75) is 0 Å². The van der Waals surface area contributed by atoms with Gasteiger partial charge in [0.15, 0.2) is 5.69 Å². The van der Waals surface area contributed by atoms with E-state index in [4.69, 9.17) is 4.74 Å². The minimum atomic E-state index is -0.543. The second kappa shape index (κ2) is 8.31. The number of aromatic nitrogens is 4. The fourth-order valence-corrected chi connectivity index (χ4v) is 2.76. The number of nitrogens with zero attached hydrogens (tertiary/aromatic N) is 3. The normalized spacial score (nSPS) is 10.4. The molecule has 0 saturated heterocycles. The Labute approximate surface area is 171 Å². The van der Waals surface area contributed by atoms with Gasteiger partial charge in [-0.3, -0.25) is 25.5 Å². The molecule has 0 radical (unpaired) electrons. The largest absolute Gasteiger partial charge is 0.497 e. The van der Waals surface area contributed by atoms with Gasteiger partial charge in [-0.05, 0) is 36.4 Å². The summed E-state index contributed by atoms with van der Waals surface area (Å²) in [6.45, 7) is 0. The maximum atomic E-state index is 12.3. The zero-order chi connectivity index (χ0) is 20.9. The van der Waals surface area contributed by atoms with Gasteiger partial charge in [0.2, 0.25) is 0 Å². The predicted molar refractivity (Wildman–Crippen MR) is 109 cm³/mol. The van der Waals surface area contributed by atoms with Crippen LogP contribution in [0.1, 0.15) is 21.0 Å². The van der Waals surface area contributed by atoms with Gasteiger partial charge in [0.1, 0.15) is 11.4 Å². The molecule has 0 saturated carbocycles. The summed E-state index contributed by atoms with van der Waals surface area (Å²) in [6, 6.07) is 19.8. The Morgan fingerprint density at radius 3 is 2.43 bits per heavy atom. The zero-order valence-corrected chi connectivity index (χ0v) is 16.0. The topological polar surface area (TPSA) is 114 Å². The lowest BCUT2D eigenvalue weighted by atomic mass is 10.1. The van der Waals surface area contributed by atoms with Gasteiger partial charge in [-0.1, -0.05) is 30.3 Å². The first kappa shape index (κ1) is 18.9. The summed E-state index contributed by atoms with van der Waals surface area (Å²) < 4.78 is 6.68. The molecule has 2 aromatic heterocycles. The van der Waals surface area contributed by atoms with Crippen molar-refractivity contribution < 1.29 is 14.3 Å². The molecular weight excluding hydrogens is 384 g/mol. The molecular formula is C21H18N6O3. The van der Waals surface area contributed by atoms with E-state index in [9.17, 15) is 9.59 Å². The number of nitrogens with one attached hydrogen (secondary N) is 3. The van der Waals surface area contributed by atoms with E-state index in [1.54, 1.807) is 42.3 Å². The monoisotopic (exact) mass is 402 g/mol. The van der Waals surface area contributed by atoms with Gasteiger partial charge in [0, 0.05) is 11.8 Å². The fraction of sp³-hybridized carbons (Fsp3) is 0.0476. The van der Waals surface area contributed by atoms with E-state index in [0.29, 0.717) is 5.69 Å². The Morgan fingerprint density at radius 1 is 0.967 bits per heavy atom. The standard InChI is InChI=1S/C21H18N6O3/c1-30-16-9-7-15(8-10-16)27-12-11-17(26-27)20(28)24-25-21(29)19-13-18(22-23-19)14-5-3-2-4-6-14/h2-13H,1H3,(H,22,23)(H,24,28)(H,25,29). The number of aromatic amines is 1. The van der Waals surface area contributed by atoms with Gasteiger partial charge in [-0.2, -0.15) is 10.2 Å². The summed E-state index contributed by atoms with van der Waals surface area (Å²) in [7, 11) is 1.59. The summed E-state index contributed by atoms with van der Waals surface area (Å²) in [5.74, 6) is -0.341. The van der Waals surface area contributed by atoms with E-state index in [-0.39, 0.29) is 11.4 Å². The van der Waals surface area contributed by atoms with Gasteiger partial charge in [-0.25, -0.2) is 4.68 Å². The SMILES string of the molecule is COc1ccc(-n2ccc(C(=O)NNC(=O)c3cc(-c4ccccc4)n[nH]3)n2)cc1. The van der Waals surface area contributed by atoms with Crippen molar-refractivity contribution in [2.24, 2.45) is 0 Å². The lowest BCUT2D eigenvalue weighted by Crippen LogP contribution is -2.42. The van der Waals surface area contributed by atoms with Gasteiger partial charge in [-0.15, -0.1) is 0 Å². The minimum Gasteiger partial charge on any atom is -0.497 e. The Kier molecular flexibility index (Phi) is 5.25. The fourth-order valence-electron chi connectivity index (χ4n) is 2.76. The summed E-state index contributed by atoms with van der Waals surface area (Å²) in [5, 5.41) is 11.0. The first-order valence-electron chi connectivity index (χ1n) is 9.05. The first-order valence-corrected chi connectivity index (χ1v) is 9.05. The van der Waals surface area contributed by atoms with Gasteiger partial charge < -0.3 is 4.74 Å². The number of amides is 2. The van der Waals surface area contributed by atoms with E-state index in [1.165, 1.54) is 0 Å². The number of carbonyl (C=O) groups is 2. The molecule has 2 amide bonds. The number of rotatable bonds is 5. The highest BCUT2D eigenvalue weighted by atomic mass is 16.5. The van der Waals surface area contributed by atoms with Crippen molar-refractivity contribution in [3.05, 3.63) is 84.3 Å². The molecule has 150 valence electrons. The molecule has 4 aromatic rings. The van der Waals surface area contributed by atoms with Crippen LogP contribution in [0.3, 0.4) is 0 Å². The van der Waals surface area contributed by atoms with Crippen LogP contribution in [0.15, 0.2) is 72.9 Å². The quantitative estimate of drug-likeness (QED) is 0.444. The summed E-state index contributed by atoms with van der Waals surface area (Å²) in [6.07, 6.45) is 1.65. The van der Waals surface area contributed by atoms with Crippen LogP contribution in [0.5, 0.6) is 5.75 Å². The first-order chi connectivity index (χ1) is 14.6. The Hall–Kier alpha value is -4.40. The molecule has 9 nitrogen and oxygen atoms in total. The van der Waals surface area contributed by atoms with E-state index in [1.807, 2.05) is 42.5 Å². The molecule has 0 bridgehead atoms. The number of ether oxygens (including phenoxy) is 1. The number of hydrazine groups is 1. The Morgan fingerprint density at radius 2 is 1.70 bits per heavy atom. The van der Waals surface area contributed by atoms with Crippen molar-refractivity contribution in [1.82, 2.24) is 30.8 Å².